The van der Waals surface area contributed by atoms with E-state index in [2.05, 4.69) is 51.5 Å². The van der Waals surface area contributed by atoms with Gasteiger partial charge in [0, 0.05) is 43.7 Å². The van der Waals surface area contributed by atoms with Crippen LogP contribution >= 0.6 is 0 Å². The van der Waals surface area contributed by atoms with Gasteiger partial charge in [0.2, 0.25) is 5.91 Å². The van der Waals surface area contributed by atoms with Gasteiger partial charge in [-0.15, -0.1) is 0 Å². The van der Waals surface area contributed by atoms with Gasteiger partial charge in [0.1, 0.15) is 5.75 Å². The molecule has 0 spiro atoms. The number of hydrogen-bond acceptors (Lipinski definition) is 5. The number of nitrogens with one attached hydrogen (secondary N) is 1. The number of rotatable bonds is 8. The second-order valence-electron chi connectivity index (χ2n) is 10.4. The van der Waals surface area contributed by atoms with Crippen LogP contribution in [0.25, 0.3) is 10.9 Å². The Balaban J connectivity index is 1.04. The normalized spacial score (nSPS) is 18.0. The minimum atomic E-state index is -0.557. The molecule has 1 saturated heterocycles. The fourth-order valence-corrected chi connectivity index (χ4v) is 5.19. The highest BCUT2D eigenvalue weighted by molar-refractivity contribution is 6.07. The third-order valence-electron chi connectivity index (χ3n) is 7.44. The Hall–Kier alpha value is -2.96. The number of pyridine rings is 1. The predicted molar refractivity (Wildman–Crippen MR) is 141 cm³/mol. The maximum Gasteiger partial charge on any atom is 0.234 e. The maximum absolute atomic E-state index is 12.4. The molecule has 6 nitrogen and oxygen atoms in total. The van der Waals surface area contributed by atoms with Crippen LogP contribution in [0.2, 0.25) is 0 Å². The second kappa shape index (κ2) is 9.96. The third-order valence-corrected chi connectivity index (χ3v) is 7.44. The number of aromatic nitrogens is 1. The number of carbonyl (C=O) groups excluding carboxylic acids is 1. The second-order valence-corrected chi connectivity index (χ2v) is 10.4. The van der Waals surface area contributed by atoms with Gasteiger partial charge in [-0.2, -0.15) is 0 Å². The monoisotopic (exact) mass is 472 g/mol. The molecular formula is C29H36N4O2. The van der Waals surface area contributed by atoms with Crippen LogP contribution in [-0.4, -0.2) is 60.0 Å². The Bertz CT molecular complexity index is 1210. The van der Waals surface area contributed by atoms with Crippen LogP contribution in [0.4, 0.5) is 5.69 Å². The summed E-state index contributed by atoms with van der Waals surface area (Å²) in [6.07, 6.45) is 2.12. The molecule has 0 saturated carbocycles. The van der Waals surface area contributed by atoms with E-state index in [1.165, 1.54) is 5.39 Å². The molecule has 0 atom stereocenters. The van der Waals surface area contributed by atoms with E-state index in [1.54, 1.807) is 0 Å². The molecule has 0 bridgehead atoms. The fourth-order valence-electron chi connectivity index (χ4n) is 5.19. The smallest absolute Gasteiger partial charge is 0.234 e. The van der Waals surface area contributed by atoms with Crippen molar-refractivity contribution in [3.63, 3.8) is 0 Å². The molecule has 3 aromatic rings. The summed E-state index contributed by atoms with van der Waals surface area (Å²) in [4.78, 5) is 22.3. The van der Waals surface area contributed by atoms with Gasteiger partial charge in [0.25, 0.3) is 0 Å². The van der Waals surface area contributed by atoms with E-state index >= 15 is 0 Å². The van der Waals surface area contributed by atoms with Crippen molar-refractivity contribution in [3.05, 3.63) is 65.4 Å². The van der Waals surface area contributed by atoms with E-state index in [0.717, 1.165) is 85.9 Å². The SMILES string of the molecule is Cc1ccc(OCCCCN2CCN(Cc3ccc4ccccc4n3)CC2)c2c1NC(=O)C2(C)C. The molecular weight excluding hydrogens is 436 g/mol. The summed E-state index contributed by atoms with van der Waals surface area (Å²) in [6.45, 7) is 13.0. The van der Waals surface area contributed by atoms with Crippen molar-refractivity contribution in [1.29, 1.82) is 0 Å². The number of carbonyl (C=O) groups is 1. The molecule has 2 aromatic carbocycles. The summed E-state index contributed by atoms with van der Waals surface area (Å²) in [5.74, 6) is 0.882. The van der Waals surface area contributed by atoms with Crippen molar-refractivity contribution >= 4 is 22.5 Å². The van der Waals surface area contributed by atoms with Crippen LogP contribution in [0.5, 0.6) is 5.75 Å². The number of para-hydroxylation sites is 1. The number of unbranched alkanes of at least 4 members (excludes halogenated alkanes) is 1. The van der Waals surface area contributed by atoms with E-state index in [0.29, 0.717) is 6.61 Å². The average Bonchev–Trinajstić information content (AvgIpc) is 3.11. The van der Waals surface area contributed by atoms with Gasteiger partial charge in [-0.1, -0.05) is 30.3 Å². The van der Waals surface area contributed by atoms with Crippen LogP contribution < -0.4 is 10.1 Å². The van der Waals surface area contributed by atoms with Crippen LogP contribution in [0, 0.1) is 6.92 Å². The van der Waals surface area contributed by atoms with Gasteiger partial charge in [-0.25, -0.2) is 0 Å². The zero-order chi connectivity index (χ0) is 24.4. The van der Waals surface area contributed by atoms with Crippen LogP contribution in [0.15, 0.2) is 48.5 Å². The highest BCUT2D eigenvalue weighted by atomic mass is 16.5. The van der Waals surface area contributed by atoms with E-state index in [1.807, 2.05) is 32.9 Å². The van der Waals surface area contributed by atoms with Gasteiger partial charge in [-0.05, 0) is 63.9 Å². The van der Waals surface area contributed by atoms with Gasteiger partial charge >= 0.3 is 0 Å². The number of benzene rings is 2. The Labute approximate surface area is 208 Å². The van der Waals surface area contributed by atoms with Crippen molar-refractivity contribution < 1.29 is 9.53 Å². The van der Waals surface area contributed by atoms with E-state index < -0.39 is 5.41 Å². The predicted octanol–water partition coefficient (Wildman–Crippen LogP) is 4.75. The Morgan fingerprint density at radius 1 is 0.971 bits per heavy atom. The first kappa shape index (κ1) is 23.8. The van der Waals surface area contributed by atoms with Crippen LogP contribution in [-0.2, 0) is 16.8 Å². The largest absolute Gasteiger partial charge is 0.493 e. The van der Waals surface area contributed by atoms with Crippen molar-refractivity contribution in [2.45, 2.75) is 45.6 Å². The molecule has 1 aromatic heterocycles. The lowest BCUT2D eigenvalue weighted by atomic mass is 9.85. The van der Waals surface area contributed by atoms with Gasteiger partial charge in [-0.3, -0.25) is 14.7 Å². The number of piperazine rings is 1. The number of nitrogens with zero attached hydrogens (tertiary/aromatic N) is 3. The first-order chi connectivity index (χ1) is 16.9. The van der Waals surface area contributed by atoms with E-state index in [9.17, 15) is 4.79 Å². The lowest BCUT2D eigenvalue weighted by Crippen LogP contribution is -2.46. The lowest BCUT2D eigenvalue weighted by molar-refractivity contribution is -0.119. The number of aryl methyl sites for hydroxylation is 1. The quantitative estimate of drug-likeness (QED) is 0.480. The molecule has 3 heterocycles. The molecule has 2 aliphatic rings. The van der Waals surface area contributed by atoms with E-state index in [4.69, 9.17) is 9.72 Å². The summed E-state index contributed by atoms with van der Waals surface area (Å²) in [7, 11) is 0. The Kier molecular flexibility index (Phi) is 6.76. The van der Waals surface area contributed by atoms with Gasteiger partial charge in [0.15, 0.2) is 0 Å². The Morgan fingerprint density at radius 2 is 1.74 bits per heavy atom. The first-order valence-electron chi connectivity index (χ1n) is 12.8. The molecule has 5 rings (SSSR count). The fraction of sp³-hybridized carbons (Fsp3) is 0.448. The number of ether oxygens (including phenoxy) is 1. The van der Waals surface area contributed by atoms with Gasteiger partial charge in [0.05, 0.1) is 28.9 Å². The molecule has 6 heteroatoms. The van der Waals surface area contributed by atoms with Crippen LogP contribution in [0.3, 0.4) is 0 Å². The minimum absolute atomic E-state index is 0.0437. The molecule has 184 valence electrons. The van der Waals surface area contributed by atoms with Crippen LogP contribution in [0.1, 0.15) is 43.5 Å². The molecule has 0 radical (unpaired) electrons. The van der Waals surface area contributed by atoms with Crippen molar-refractivity contribution in [3.8, 4) is 5.75 Å². The number of anilines is 1. The van der Waals surface area contributed by atoms with Gasteiger partial charge < -0.3 is 15.0 Å². The lowest BCUT2D eigenvalue weighted by Gasteiger charge is -2.34. The zero-order valence-electron chi connectivity index (χ0n) is 21.1. The molecule has 1 N–H and O–H groups in total. The third kappa shape index (κ3) is 5.04. The summed E-state index contributed by atoms with van der Waals surface area (Å²) in [5.41, 5.74) is 4.68. The molecule has 0 unspecified atom stereocenters. The minimum Gasteiger partial charge on any atom is -0.493 e. The van der Waals surface area contributed by atoms with E-state index in [-0.39, 0.29) is 5.91 Å². The molecule has 0 aliphatic carbocycles. The standard InChI is InChI=1S/C29H36N4O2/c1-21-10-13-25(26-27(21)31-28(34)29(26,2)3)35-19-7-6-14-32-15-17-33(18-16-32)20-23-12-11-22-8-4-5-9-24(22)30-23/h4-5,8-13H,6-7,14-20H2,1-3H3,(H,31,34). The Morgan fingerprint density at radius 3 is 2.57 bits per heavy atom. The molecule has 2 aliphatic heterocycles. The molecule has 1 amide bonds. The molecule has 1 fully saturated rings. The number of hydrogen-bond donors (Lipinski definition) is 1. The highest BCUT2D eigenvalue weighted by Crippen LogP contribution is 2.45. The summed E-state index contributed by atoms with van der Waals surface area (Å²) >= 11 is 0. The van der Waals surface area contributed by atoms with Crippen molar-refractivity contribution in [2.75, 3.05) is 44.6 Å². The highest BCUT2D eigenvalue weighted by Gasteiger charge is 2.41. The number of fused-ring (bicyclic) bond motifs is 2. The average molecular weight is 473 g/mol. The van der Waals surface area contributed by atoms with Crippen molar-refractivity contribution in [1.82, 2.24) is 14.8 Å². The first-order valence-corrected chi connectivity index (χ1v) is 12.8. The topological polar surface area (TPSA) is 57.7 Å². The summed E-state index contributed by atoms with van der Waals surface area (Å²) < 4.78 is 6.17. The van der Waals surface area contributed by atoms with Crippen molar-refractivity contribution in [2.24, 2.45) is 0 Å². The molecule has 35 heavy (non-hydrogen) atoms. The zero-order valence-corrected chi connectivity index (χ0v) is 21.1. The summed E-state index contributed by atoms with van der Waals surface area (Å²) in [5, 5.41) is 4.23. The number of amides is 1. The maximum atomic E-state index is 12.4. The summed E-state index contributed by atoms with van der Waals surface area (Å²) in [6, 6.07) is 16.7.